The number of halogens is 3. The molecule has 0 radical (unpaired) electrons. The van der Waals surface area contributed by atoms with Crippen LogP contribution in [0.2, 0.25) is 0 Å². The number of benzene rings is 1. The van der Waals surface area contributed by atoms with Crippen LogP contribution < -0.4 is 16.0 Å². The average molecular weight is 354 g/mol. The zero-order chi connectivity index (χ0) is 17.7. The van der Waals surface area contributed by atoms with E-state index in [2.05, 4.69) is 15.5 Å². The highest BCUT2D eigenvalue weighted by Gasteiger charge is 2.41. The highest BCUT2D eigenvalue weighted by Crippen LogP contribution is 2.42. The third-order valence-electron chi connectivity index (χ3n) is 5.15. The lowest BCUT2D eigenvalue weighted by atomic mass is 9.73. The number of H-pyrrole nitrogens is 1. The van der Waals surface area contributed by atoms with Crippen molar-refractivity contribution in [2.24, 2.45) is 5.41 Å². The molecule has 2 aliphatic rings. The Hall–Kier alpha value is -2.29. The molecule has 2 saturated heterocycles. The molecule has 0 aliphatic carbocycles. The van der Waals surface area contributed by atoms with Crippen molar-refractivity contribution < 1.29 is 17.6 Å². The van der Waals surface area contributed by atoms with E-state index in [1.54, 1.807) is 4.90 Å². The van der Waals surface area contributed by atoms with Crippen LogP contribution in [0.25, 0.3) is 11.5 Å². The van der Waals surface area contributed by atoms with Crippen LogP contribution in [-0.4, -0.2) is 36.4 Å². The molecule has 2 fully saturated rings. The molecule has 0 bridgehead atoms. The first-order valence-corrected chi connectivity index (χ1v) is 8.09. The first-order chi connectivity index (χ1) is 11.9. The molecule has 0 saturated carbocycles. The van der Waals surface area contributed by atoms with Gasteiger partial charge in [0.2, 0.25) is 5.89 Å². The minimum atomic E-state index is -4.45. The molecule has 134 valence electrons. The van der Waals surface area contributed by atoms with Crippen molar-refractivity contribution in [3.63, 3.8) is 0 Å². The van der Waals surface area contributed by atoms with Crippen molar-refractivity contribution in [1.82, 2.24) is 15.5 Å². The molecule has 1 spiro atoms. The maximum Gasteiger partial charge on any atom is 0.434 e. The number of alkyl halides is 3. The van der Waals surface area contributed by atoms with Gasteiger partial charge in [0.05, 0.1) is 5.56 Å². The third-order valence-corrected chi connectivity index (χ3v) is 5.15. The summed E-state index contributed by atoms with van der Waals surface area (Å²) in [7, 11) is 0. The molecule has 3 heterocycles. The van der Waals surface area contributed by atoms with Gasteiger partial charge in [0.1, 0.15) is 0 Å². The van der Waals surface area contributed by atoms with Gasteiger partial charge >= 0.3 is 11.9 Å². The van der Waals surface area contributed by atoms with Crippen LogP contribution in [0.3, 0.4) is 0 Å². The quantitative estimate of drug-likeness (QED) is 0.865. The minimum Gasteiger partial charge on any atom is -0.388 e. The molecule has 25 heavy (non-hydrogen) atoms. The molecule has 0 amide bonds. The molecule has 6 nitrogen and oxygen atoms in total. The Labute approximate surface area is 141 Å². The predicted octanol–water partition coefficient (Wildman–Crippen LogP) is 2.24. The second-order valence-electron chi connectivity index (χ2n) is 6.74. The SMILES string of the molecule is O=c1[nH]nc(-c2ccc(C(F)(F)F)c(N3CCC4(CC3)CNC4)c2)o1. The fraction of sp³-hybridized carbons (Fsp3) is 0.500. The fourth-order valence-corrected chi connectivity index (χ4v) is 3.57. The smallest absolute Gasteiger partial charge is 0.388 e. The highest BCUT2D eigenvalue weighted by molar-refractivity contribution is 5.66. The maximum atomic E-state index is 13.4. The van der Waals surface area contributed by atoms with Gasteiger partial charge in [-0.3, -0.25) is 0 Å². The molecular weight excluding hydrogens is 337 g/mol. The van der Waals surface area contributed by atoms with E-state index in [1.165, 1.54) is 12.1 Å². The van der Waals surface area contributed by atoms with E-state index < -0.39 is 17.5 Å². The van der Waals surface area contributed by atoms with Gasteiger partial charge in [-0.25, -0.2) is 9.89 Å². The van der Waals surface area contributed by atoms with Crippen LogP contribution in [0.5, 0.6) is 0 Å². The summed E-state index contributed by atoms with van der Waals surface area (Å²) >= 11 is 0. The van der Waals surface area contributed by atoms with Crippen LogP contribution in [0.1, 0.15) is 18.4 Å². The van der Waals surface area contributed by atoms with Crippen molar-refractivity contribution in [3.05, 3.63) is 34.3 Å². The number of nitrogens with one attached hydrogen (secondary N) is 2. The number of piperidine rings is 1. The van der Waals surface area contributed by atoms with Gasteiger partial charge in [-0.2, -0.15) is 13.2 Å². The molecule has 1 aromatic carbocycles. The lowest BCUT2D eigenvalue weighted by Gasteiger charge is -2.49. The van der Waals surface area contributed by atoms with Crippen molar-refractivity contribution in [2.45, 2.75) is 19.0 Å². The number of nitrogens with zero attached hydrogens (tertiary/aromatic N) is 2. The Morgan fingerprint density at radius 2 is 1.92 bits per heavy atom. The molecule has 1 aromatic heterocycles. The molecule has 4 rings (SSSR count). The highest BCUT2D eigenvalue weighted by atomic mass is 19.4. The summed E-state index contributed by atoms with van der Waals surface area (Å²) in [4.78, 5) is 12.9. The van der Waals surface area contributed by atoms with Crippen LogP contribution in [0.4, 0.5) is 18.9 Å². The number of aromatic nitrogens is 2. The lowest BCUT2D eigenvalue weighted by molar-refractivity contribution is -0.137. The van der Waals surface area contributed by atoms with Gasteiger partial charge in [0, 0.05) is 37.4 Å². The van der Waals surface area contributed by atoms with Gasteiger partial charge in [-0.15, -0.1) is 5.10 Å². The first kappa shape index (κ1) is 16.2. The second kappa shape index (κ2) is 5.62. The van der Waals surface area contributed by atoms with Crippen LogP contribution in [0.15, 0.2) is 27.4 Å². The molecule has 2 N–H and O–H groups in total. The zero-order valence-corrected chi connectivity index (χ0v) is 13.3. The number of hydrogen-bond acceptors (Lipinski definition) is 5. The monoisotopic (exact) mass is 354 g/mol. The molecule has 0 unspecified atom stereocenters. The third kappa shape index (κ3) is 2.92. The van der Waals surface area contributed by atoms with Crippen LogP contribution >= 0.6 is 0 Å². The Morgan fingerprint density at radius 3 is 2.44 bits per heavy atom. The van der Waals surface area contributed by atoms with E-state index in [4.69, 9.17) is 4.42 Å². The van der Waals surface area contributed by atoms with Crippen LogP contribution in [0, 0.1) is 5.41 Å². The zero-order valence-electron chi connectivity index (χ0n) is 13.3. The Kier molecular flexibility index (Phi) is 3.64. The van der Waals surface area contributed by atoms with Crippen molar-refractivity contribution in [2.75, 3.05) is 31.1 Å². The van der Waals surface area contributed by atoms with Gasteiger partial charge in [-0.1, -0.05) is 0 Å². The summed E-state index contributed by atoms with van der Waals surface area (Å²) in [6, 6.07) is 3.69. The largest absolute Gasteiger partial charge is 0.434 e. The normalized spacial score (nSPS) is 19.9. The summed E-state index contributed by atoms with van der Waals surface area (Å²) in [5.41, 5.74) is 0.00291. The Morgan fingerprint density at radius 1 is 1.20 bits per heavy atom. The minimum absolute atomic E-state index is 0.0170. The fourth-order valence-electron chi connectivity index (χ4n) is 3.57. The van der Waals surface area contributed by atoms with Crippen molar-refractivity contribution >= 4 is 5.69 Å². The topological polar surface area (TPSA) is 74.2 Å². The van der Waals surface area contributed by atoms with Gasteiger partial charge in [0.15, 0.2) is 0 Å². The van der Waals surface area contributed by atoms with Crippen molar-refractivity contribution in [1.29, 1.82) is 0 Å². The molecular formula is C16H17F3N4O2. The summed E-state index contributed by atoms with van der Waals surface area (Å²) < 4.78 is 45.2. The molecule has 9 heteroatoms. The van der Waals surface area contributed by atoms with Crippen molar-refractivity contribution in [3.8, 4) is 11.5 Å². The number of aromatic amines is 1. The number of hydrogen-bond donors (Lipinski definition) is 2. The summed E-state index contributed by atoms with van der Waals surface area (Å²) in [6.45, 7) is 3.01. The number of rotatable bonds is 2. The average Bonchev–Trinajstić information content (AvgIpc) is 2.99. The van der Waals surface area contributed by atoms with E-state index in [-0.39, 0.29) is 17.0 Å². The summed E-state index contributed by atoms with van der Waals surface area (Å²) in [5, 5.41) is 9.06. The molecule has 0 atom stereocenters. The maximum absolute atomic E-state index is 13.4. The van der Waals surface area contributed by atoms with Gasteiger partial charge < -0.3 is 14.6 Å². The Bertz CT molecular complexity index is 828. The van der Waals surface area contributed by atoms with E-state index in [1.807, 2.05) is 0 Å². The van der Waals surface area contributed by atoms with E-state index in [9.17, 15) is 18.0 Å². The lowest BCUT2D eigenvalue weighted by Crippen LogP contribution is -2.58. The van der Waals surface area contributed by atoms with Crippen LogP contribution in [-0.2, 0) is 6.18 Å². The summed E-state index contributed by atoms with van der Waals surface area (Å²) in [6.07, 6.45) is -2.73. The summed E-state index contributed by atoms with van der Waals surface area (Å²) in [5.74, 6) is -0.759. The second-order valence-corrected chi connectivity index (χ2v) is 6.74. The van der Waals surface area contributed by atoms with Gasteiger partial charge in [0.25, 0.3) is 0 Å². The first-order valence-electron chi connectivity index (χ1n) is 8.09. The van der Waals surface area contributed by atoms with E-state index in [0.717, 1.165) is 32.0 Å². The molecule has 2 aromatic rings. The Balaban J connectivity index is 1.69. The van der Waals surface area contributed by atoms with E-state index in [0.29, 0.717) is 18.7 Å². The van der Waals surface area contributed by atoms with Gasteiger partial charge in [-0.05, 0) is 36.5 Å². The molecule has 2 aliphatic heterocycles. The predicted molar refractivity (Wildman–Crippen MR) is 84.3 cm³/mol. The van der Waals surface area contributed by atoms with E-state index >= 15 is 0 Å². The standard InChI is InChI=1S/C16H17F3N4O2/c17-16(18,19)11-2-1-10(13-21-22-14(24)25-13)7-12(11)23-5-3-15(4-6-23)8-20-9-15/h1-2,7,20H,3-6,8-9H2,(H,22,24). The number of anilines is 1.